The molecule has 2 aliphatic rings. The number of aliphatic hydroxyl groups excluding tert-OH is 1. The van der Waals surface area contributed by atoms with Gasteiger partial charge < -0.3 is 24.7 Å². The van der Waals surface area contributed by atoms with Gasteiger partial charge in [-0.1, -0.05) is 26.0 Å². The van der Waals surface area contributed by atoms with Crippen LogP contribution in [0.2, 0.25) is 0 Å². The number of likely N-dealkylation sites (tertiary alicyclic amines) is 1. The van der Waals surface area contributed by atoms with Gasteiger partial charge in [-0.15, -0.1) is 0 Å². The maximum Gasteiger partial charge on any atom is 0.295 e. The number of likely N-dealkylation sites (N-methyl/N-ethyl adjacent to an activating group) is 1. The maximum atomic E-state index is 13.2. The Morgan fingerprint density at radius 2 is 1.94 bits per heavy atom. The fourth-order valence-electron chi connectivity index (χ4n) is 4.60. The second-order valence-electron chi connectivity index (χ2n) is 8.39. The number of aryl methyl sites for hydroxylation is 1. The van der Waals surface area contributed by atoms with Gasteiger partial charge in [-0.25, -0.2) is 0 Å². The Balaban J connectivity index is 1.79. The molecule has 0 aliphatic carbocycles. The van der Waals surface area contributed by atoms with E-state index in [2.05, 4.69) is 4.90 Å². The second-order valence-corrected chi connectivity index (χ2v) is 8.39. The zero-order valence-electron chi connectivity index (χ0n) is 19.1. The Labute approximate surface area is 193 Å². The van der Waals surface area contributed by atoms with Gasteiger partial charge in [0.1, 0.15) is 17.3 Å². The summed E-state index contributed by atoms with van der Waals surface area (Å²) in [4.78, 5) is 29.9. The van der Waals surface area contributed by atoms with E-state index in [4.69, 9.17) is 4.74 Å². The Hall–Kier alpha value is -3.32. The molecule has 2 N–H and O–H groups in total. The number of aromatic hydroxyl groups is 1. The first-order chi connectivity index (χ1) is 15.9. The number of nitrogens with zero attached hydrogens (tertiary/aromatic N) is 2. The van der Waals surface area contributed by atoms with E-state index in [0.717, 1.165) is 37.2 Å². The monoisotopic (exact) mass is 450 g/mol. The van der Waals surface area contributed by atoms with Crippen LogP contribution in [0.4, 0.5) is 0 Å². The summed E-state index contributed by atoms with van der Waals surface area (Å²) in [5, 5.41) is 21.3. The third-order valence-corrected chi connectivity index (χ3v) is 6.46. The van der Waals surface area contributed by atoms with Crippen LogP contribution in [0.3, 0.4) is 0 Å². The van der Waals surface area contributed by atoms with Crippen LogP contribution in [-0.4, -0.2) is 64.5 Å². The molecule has 2 heterocycles. The highest BCUT2D eigenvalue weighted by Crippen LogP contribution is 2.40. The molecule has 7 heteroatoms. The molecule has 0 aromatic heterocycles. The molecule has 0 bridgehead atoms. The van der Waals surface area contributed by atoms with Gasteiger partial charge in [-0.3, -0.25) is 9.59 Å². The minimum Gasteiger partial charge on any atom is -0.508 e. The van der Waals surface area contributed by atoms with E-state index in [1.807, 2.05) is 19.9 Å². The first-order valence-electron chi connectivity index (χ1n) is 11.5. The van der Waals surface area contributed by atoms with E-state index in [1.165, 1.54) is 17.0 Å². The highest BCUT2D eigenvalue weighted by Gasteiger charge is 2.46. The summed E-state index contributed by atoms with van der Waals surface area (Å²) in [6.45, 7) is 7.34. The highest BCUT2D eigenvalue weighted by molar-refractivity contribution is 6.46. The van der Waals surface area contributed by atoms with Gasteiger partial charge in [-0.05, 0) is 67.4 Å². The lowest BCUT2D eigenvalue weighted by atomic mass is 9.94. The van der Waals surface area contributed by atoms with Crippen LogP contribution >= 0.6 is 0 Å². The lowest BCUT2D eigenvalue weighted by Crippen LogP contribution is -2.38. The van der Waals surface area contributed by atoms with E-state index in [1.54, 1.807) is 24.3 Å². The fraction of sp³-hybridized carbons (Fsp3) is 0.385. The SMILES string of the molecule is CCN(CC)CCN1C(=O)C(=O)/C(=C(\O)c2ccc3c(c2)CCCO3)C1c1cccc(O)c1. The predicted molar refractivity (Wildman–Crippen MR) is 125 cm³/mol. The summed E-state index contributed by atoms with van der Waals surface area (Å²) in [5.41, 5.74) is 2.07. The van der Waals surface area contributed by atoms with Crippen molar-refractivity contribution in [2.45, 2.75) is 32.7 Å². The van der Waals surface area contributed by atoms with Crippen molar-refractivity contribution >= 4 is 17.4 Å². The zero-order valence-corrected chi connectivity index (χ0v) is 19.1. The third-order valence-electron chi connectivity index (χ3n) is 6.46. The van der Waals surface area contributed by atoms with E-state index >= 15 is 0 Å². The van der Waals surface area contributed by atoms with Crippen LogP contribution in [-0.2, 0) is 16.0 Å². The van der Waals surface area contributed by atoms with Crippen LogP contribution < -0.4 is 4.74 Å². The van der Waals surface area contributed by atoms with Crippen LogP contribution in [0, 0.1) is 0 Å². The number of ketones is 1. The number of phenols is 1. The number of ether oxygens (including phenoxy) is 1. The van der Waals surface area contributed by atoms with Crippen LogP contribution in [0.1, 0.15) is 43.0 Å². The summed E-state index contributed by atoms with van der Waals surface area (Å²) >= 11 is 0. The molecule has 0 radical (unpaired) electrons. The number of rotatable bonds is 7. The molecule has 1 unspecified atom stereocenters. The van der Waals surface area contributed by atoms with Crippen molar-refractivity contribution in [1.29, 1.82) is 0 Å². The Morgan fingerprint density at radius 3 is 2.67 bits per heavy atom. The number of carbonyl (C=O) groups is 2. The number of hydrogen-bond acceptors (Lipinski definition) is 6. The van der Waals surface area contributed by atoms with Gasteiger partial charge in [0.15, 0.2) is 0 Å². The quantitative estimate of drug-likeness (QED) is 0.381. The summed E-state index contributed by atoms with van der Waals surface area (Å²) in [7, 11) is 0. The molecule has 33 heavy (non-hydrogen) atoms. The van der Waals surface area contributed by atoms with Gasteiger partial charge >= 0.3 is 0 Å². The van der Waals surface area contributed by atoms with E-state index in [9.17, 15) is 19.8 Å². The van der Waals surface area contributed by atoms with Gasteiger partial charge in [-0.2, -0.15) is 0 Å². The van der Waals surface area contributed by atoms with Crippen molar-refractivity contribution < 1.29 is 24.5 Å². The largest absolute Gasteiger partial charge is 0.508 e. The summed E-state index contributed by atoms with van der Waals surface area (Å²) in [6, 6.07) is 11.1. The predicted octanol–water partition coefficient (Wildman–Crippen LogP) is 3.48. The molecule has 1 saturated heterocycles. The first kappa shape index (κ1) is 22.9. The number of benzene rings is 2. The number of fused-ring (bicyclic) bond motifs is 1. The molecular formula is C26H30N2O5. The minimum atomic E-state index is -0.778. The molecule has 0 saturated carbocycles. The van der Waals surface area contributed by atoms with Crippen molar-refractivity contribution in [3.63, 3.8) is 0 Å². The number of amides is 1. The summed E-state index contributed by atoms with van der Waals surface area (Å²) in [6.07, 6.45) is 1.71. The van der Waals surface area contributed by atoms with Crippen molar-refractivity contribution in [2.24, 2.45) is 0 Å². The third kappa shape index (κ3) is 4.46. The second kappa shape index (κ2) is 9.67. The average molecular weight is 451 g/mol. The molecular weight excluding hydrogens is 420 g/mol. The van der Waals surface area contributed by atoms with Crippen LogP contribution in [0.25, 0.3) is 5.76 Å². The molecule has 1 amide bonds. The van der Waals surface area contributed by atoms with Crippen molar-refractivity contribution in [2.75, 3.05) is 32.8 Å². The van der Waals surface area contributed by atoms with Crippen molar-refractivity contribution in [1.82, 2.24) is 9.80 Å². The van der Waals surface area contributed by atoms with Crippen molar-refractivity contribution in [3.05, 3.63) is 64.7 Å². The van der Waals surface area contributed by atoms with Gasteiger partial charge in [0.05, 0.1) is 18.2 Å². The molecule has 174 valence electrons. The van der Waals surface area contributed by atoms with Crippen LogP contribution in [0.5, 0.6) is 11.5 Å². The number of hydrogen-bond donors (Lipinski definition) is 2. The maximum absolute atomic E-state index is 13.2. The van der Waals surface area contributed by atoms with Gasteiger partial charge in [0.25, 0.3) is 11.7 Å². The normalized spacial score (nSPS) is 19.6. The lowest BCUT2D eigenvalue weighted by Gasteiger charge is -2.28. The molecule has 1 atom stereocenters. The topological polar surface area (TPSA) is 90.3 Å². The Bertz CT molecular complexity index is 1090. The van der Waals surface area contributed by atoms with Gasteiger partial charge in [0.2, 0.25) is 0 Å². The zero-order chi connectivity index (χ0) is 23.5. The molecule has 1 fully saturated rings. The molecule has 2 aliphatic heterocycles. The van der Waals surface area contributed by atoms with E-state index < -0.39 is 17.7 Å². The van der Waals surface area contributed by atoms with E-state index in [-0.39, 0.29) is 17.1 Å². The minimum absolute atomic E-state index is 0.0350. The number of phenolic OH excluding ortho intramolecular Hbond substituents is 1. The smallest absolute Gasteiger partial charge is 0.295 e. The number of Topliss-reactive ketones (excluding diaryl/α,β-unsaturated/α-hetero) is 1. The molecule has 2 aromatic carbocycles. The Morgan fingerprint density at radius 1 is 1.15 bits per heavy atom. The first-order valence-corrected chi connectivity index (χ1v) is 11.5. The van der Waals surface area contributed by atoms with Crippen molar-refractivity contribution in [3.8, 4) is 11.5 Å². The highest BCUT2D eigenvalue weighted by atomic mass is 16.5. The van der Waals surface area contributed by atoms with Gasteiger partial charge in [0, 0.05) is 18.7 Å². The molecule has 7 nitrogen and oxygen atoms in total. The molecule has 0 spiro atoms. The number of carbonyl (C=O) groups excluding carboxylic acids is 2. The standard InChI is InChI=1S/C26H30N2O5/c1-3-27(4-2)12-13-28-23(18-7-5-9-20(29)16-18)22(25(31)26(28)32)24(30)19-10-11-21-17(15-19)8-6-14-33-21/h5,7,9-11,15-16,23,29-30H,3-4,6,8,12-14H2,1-2H3/b24-22-. The summed E-state index contributed by atoms with van der Waals surface area (Å²) < 4.78 is 5.66. The average Bonchev–Trinajstić information content (AvgIpc) is 3.09. The Kier molecular flexibility index (Phi) is 6.70. The van der Waals surface area contributed by atoms with Crippen LogP contribution in [0.15, 0.2) is 48.0 Å². The van der Waals surface area contributed by atoms with E-state index in [0.29, 0.717) is 30.8 Å². The molecule has 4 rings (SSSR count). The summed E-state index contributed by atoms with van der Waals surface area (Å²) in [5.74, 6) is -0.747. The fourth-order valence-corrected chi connectivity index (χ4v) is 4.60. The molecule has 2 aromatic rings. The lowest BCUT2D eigenvalue weighted by molar-refractivity contribution is -0.140. The number of aliphatic hydroxyl groups is 1.